The smallest absolute Gasteiger partial charge is 0.241 e. The number of imidazole rings is 1. The van der Waals surface area contributed by atoms with Gasteiger partial charge in [0.15, 0.2) is 17.3 Å². The van der Waals surface area contributed by atoms with Gasteiger partial charge in [-0.2, -0.15) is 20.3 Å². The Labute approximate surface area is 268 Å². The van der Waals surface area contributed by atoms with Crippen LogP contribution in [0.2, 0.25) is 0 Å². The SMILES string of the molecule is N#Cc1nccc(NC2CCN(Cc3ccc(-n4c(-c5nccnc5N)nc5ccc(-c6cnn(CC(N)=O)n6)nc54)cc3)CC2)n1. The predicted octanol–water partition coefficient (Wildman–Crippen LogP) is 1.94. The lowest BCUT2D eigenvalue weighted by Gasteiger charge is -2.32. The first-order chi connectivity index (χ1) is 22.9. The van der Waals surface area contributed by atoms with Gasteiger partial charge in [0.25, 0.3) is 0 Å². The van der Waals surface area contributed by atoms with Crippen molar-refractivity contribution in [2.24, 2.45) is 5.73 Å². The van der Waals surface area contributed by atoms with Crippen LogP contribution in [0.1, 0.15) is 24.2 Å². The molecule has 6 aromatic rings. The van der Waals surface area contributed by atoms with Gasteiger partial charge >= 0.3 is 0 Å². The number of nitrogen functional groups attached to an aromatic ring is 1. The number of pyridine rings is 1. The third kappa shape index (κ3) is 6.28. The van der Waals surface area contributed by atoms with Crippen LogP contribution in [-0.2, 0) is 17.9 Å². The molecular formula is C31H29N15O. The zero-order chi connectivity index (χ0) is 32.3. The van der Waals surface area contributed by atoms with E-state index in [0.717, 1.165) is 38.2 Å². The second-order valence-electron chi connectivity index (χ2n) is 11.1. The third-order valence-electron chi connectivity index (χ3n) is 7.83. The van der Waals surface area contributed by atoms with Gasteiger partial charge in [-0.05, 0) is 48.7 Å². The first kappa shape index (κ1) is 29.4. The number of likely N-dealkylation sites (tertiary alicyclic amines) is 1. The Balaban J connectivity index is 1.13. The summed E-state index contributed by atoms with van der Waals surface area (Å²) in [5, 5.41) is 21.0. The second-order valence-corrected chi connectivity index (χ2v) is 11.1. The topological polar surface area (TPSA) is 221 Å². The molecule has 5 N–H and O–H groups in total. The highest BCUT2D eigenvalue weighted by molar-refractivity contribution is 5.83. The van der Waals surface area contributed by atoms with Crippen LogP contribution in [0.5, 0.6) is 0 Å². The number of anilines is 2. The molecular weight excluding hydrogens is 598 g/mol. The maximum atomic E-state index is 11.3. The van der Waals surface area contributed by atoms with E-state index in [1.807, 2.05) is 28.8 Å². The molecule has 0 radical (unpaired) electrons. The van der Waals surface area contributed by atoms with Gasteiger partial charge < -0.3 is 16.8 Å². The number of carbonyl (C=O) groups excluding carboxylic acids is 1. The van der Waals surface area contributed by atoms with Crippen molar-refractivity contribution in [3.8, 4) is 34.7 Å². The Morgan fingerprint density at radius 2 is 1.77 bits per heavy atom. The average Bonchev–Trinajstić information content (AvgIpc) is 3.70. The highest BCUT2D eigenvalue weighted by Gasteiger charge is 2.22. The largest absolute Gasteiger partial charge is 0.382 e. The summed E-state index contributed by atoms with van der Waals surface area (Å²) < 4.78 is 1.90. The van der Waals surface area contributed by atoms with Crippen molar-refractivity contribution in [1.82, 2.24) is 54.4 Å². The number of hydrogen-bond acceptors (Lipinski definition) is 13. The zero-order valence-electron chi connectivity index (χ0n) is 25.1. The van der Waals surface area contributed by atoms with E-state index in [1.165, 1.54) is 22.8 Å². The summed E-state index contributed by atoms with van der Waals surface area (Å²) in [5.74, 6) is 1.05. The lowest BCUT2D eigenvalue weighted by atomic mass is 10.0. The van der Waals surface area contributed by atoms with Gasteiger partial charge in [0.2, 0.25) is 11.7 Å². The molecule has 234 valence electrons. The van der Waals surface area contributed by atoms with Crippen molar-refractivity contribution in [3.05, 3.63) is 78.6 Å². The highest BCUT2D eigenvalue weighted by atomic mass is 16.1. The molecule has 16 nitrogen and oxygen atoms in total. The minimum Gasteiger partial charge on any atom is -0.382 e. The molecule has 5 aromatic heterocycles. The minimum atomic E-state index is -0.542. The molecule has 1 amide bonds. The standard InChI is InChI=1S/C31H29N15O/c32-15-27-35-10-7-26(42-27)39-20-8-13-44(14-9-20)17-19-1-3-21(4-2-19)46-30-23(41-31(46)28-29(34)37-12-11-36-28)6-5-22(40-30)24-16-38-45(43-24)18-25(33)47/h1-7,10-12,16,20H,8-9,13-14,17-18H2,(H2,33,47)(H2,34,37)(H,35,39,42). The quantitative estimate of drug-likeness (QED) is 0.209. The van der Waals surface area contributed by atoms with Gasteiger partial charge in [-0.1, -0.05) is 12.1 Å². The van der Waals surface area contributed by atoms with E-state index in [2.05, 4.69) is 52.5 Å². The number of fused-ring (bicyclic) bond motifs is 1. The molecule has 1 aromatic carbocycles. The molecule has 0 saturated carbocycles. The maximum Gasteiger partial charge on any atom is 0.241 e. The van der Waals surface area contributed by atoms with Gasteiger partial charge in [-0.25, -0.2) is 29.9 Å². The number of nitrogens with one attached hydrogen (secondary N) is 1. The Hall–Kier alpha value is -6.34. The summed E-state index contributed by atoms with van der Waals surface area (Å²) in [6.45, 7) is 2.52. The number of nitriles is 1. The van der Waals surface area contributed by atoms with Gasteiger partial charge in [0, 0.05) is 50.0 Å². The van der Waals surface area contributed by atoms with E-state index in [9.17, 15) is 4.79 Å². The fourth-order valence-corrected chi connectivity index (χ4v) is 5.60. The van der Waals surface area contributed by atoms with E-state index in [-0.39, 0.29) is 24.2 Å². The molecule has 0 atom stereocenters. The van der Waals surface area contributed by atoms with Crippen LogP contribution < -0.4 is 16.8 Å². The number of hydrogen-bond donors (Lipinski definition) is 3. The van der Waals surface area contributed by atoms with Crippen molar-refractivity contribution in [3.63, 3.8) is 0 Å². The molecule has 16 heteroatoms. The van der Waals surface area contributed by atoms with E-state index in [0.29, 0.717) is 39.9 Å². The van der Waals surface area contributed by atoms with E-state index in [1.54, 1.807) is 24.5 Å². The number of rotatable bonds is 9. The Morgan fingerprint density at radius 3 is 2.53 bits per heavy atom. The maximum absolute atomic E-state index is 11.3. The van der Waals surface area contributed by atoms with E-state index < -0.39 is 5.91 Å². The second kappa shape index (κ2) is 12.6. The number of nitrogens with zero attached hydrogens (tertiary/aromatic N) is 12. The fourth-order valence-electron chi connectivity index (χ4n) is 5.60. The number of primary amides is 1. The van der Waals surface area contributed by atoms with Crippen molar-refractivity contribution >= 4 is 28.7 Å². The fraction of sp³-hybridized carbons (Fsp3) is 0.226. The summed E-state index contributed by atoms with van der Waals surface area (Å²) in [7, 11) is 0. The van der Waals surface area contributed by atoms with Crippen molar-refractivity contribution in [2.45, 2.75) is 32.0 Å². The first-order valence-electron chi connectivity index (χ1n) is 14.9. The molecule has 6 heterocycles. The summed E-state index contributed by atoms with van der Waals surface area (Å²) in [6, 6.07) is 15.9. The summed E-state index contributed by atoms with van der Waals surface area (Å²) in [5.41, 5.74) is 16.2. The summed E-state index contributed by atoms with van der Waals surface area (Å²) in [4.78, 5) is 41.6. The van der Waals surface area contributed by atoms with Crippen LogP contribution in [0.25, 0.3) is 39.8 Å². The van der Waals surface area contributed by atoms with Gasteiger partial charge in [0.1, 0.15) is 35.3 Å². The lowest BCUT2D eigenvalue weighted by Crippen LogP contribution is -2.38. The molecule has 7 rings (SSSR count). The number of nitrogens with two attached hydrogens (primary N) is 2. The van der Waals surface area contributed by atoms with Gasteiger partial charge in [-0.3, -0.25) is 14.3 Å². The molecule has 1 aliphatic rings. The van der Waals surface area contributed by atoms with Crippen molar-refractivity contribution in [2.75, 3.05) is 24.1 Å². The molecule has 1 saturated heterocycles. The molecule has 47 heavy (non-hydrogen) atoms. The Kier molecular flexibility index (Phi) is 7.86. The van der Waals surface area contributed by atoms with Crippen LogP contribution in [0.15, 0.2) is 67.3 Å². The normalized spacial score (nSPS) is 13.9. The Bertz CT molecular complexity index is 2110. The molecule has 0 bridgehead atoms. The number of benzene rings is 1. The molecule has 0 unspecified atom stereocenters. The predicted molar refractivity (Wildman–Crippen MR) is 171 cm³/mol. The third-order valence-corrected chi connectivity index (χ3v) is 7.83. The number of piperidine rings is 1. The number of aromatic nitrogens is 10. The molecule has 1 fully saturated rings. The van der Waals surface area contributed by atoms with Crippen LogP contribution in [0, 0.1) is 11.3 Å². The summed E-state index contributed by atoms with van der Waals surface area (Å²) >= 11 is 0. The summed E-state index contributed by atoms with van der Waals surface area (Å²) in [6.07, 6.45) is 8.15. The molecule has 0 spiro atoms. The van der Waals surface area contributed by atoms with E-state index in [4.69, 9.17) is 26.7 Å². The lowest BCUT2D eigenvalue weighted by molar-refractivity contribution is -0.118. The van der Waals surface area contributed by atoms with Crippen LogP contribution in [-0.4, -0.2) is 79.4 Å². The first-order valence-corrected chi connectivity index (χ1v) is 14.9. The van der Waals surface area contributed by atoms with Crippen molar-refractivity contribution < 1.29 is 4.79 Å². The van der Waals surface area contributed by atoms with Crippen LogP contribution in [0.3, 0.4) is 0 Å². The van der Waals surface area contributed by atoms with E-state index >= 15 is 0 Å². The van der Waals surface area contributed by atoms with Crippen molar-refractivity contribution in [1.29, 1.82) is 5.26 Å². The van der Waals surface area contributed by atoms with Gasteiger partial charge in [-0.15, -0.1) is 0 Å². The molecule has 1 aliphatic heterocycles. The Morgan fingerprint density at radius 1 is 0.957 bits per heavy atom. The number of amides is 1. The van der Waals surface area contributed by atoms with Crippen LogP contribution in [0.4, 0.5) is 11.6 Å². The molecule has 0 aliphatic carbocycles. The average molecular weight is 628 g/mol. The highest BCUT2D eigenvalue weighted by Crippen LogP contribution is 2.30. The van der Waals surface area contributed by atoms with Crippen LogP contribution >= 0.6 is 0 Å². The minimum absolute atomic E-state index is 0.134. The van der Waals surface area contributed by atoms with Gasteiger partial charge in [0.05, 0.1) is 11.9 Å². The number of carbonyl (C=O) groups is 1. The monoisotopic (exact) mass is 627 g/mol. The zero-order valence-corrected chi connectivity index (χ0v) is 25.1.